The maximum atomic E-state index is 11.7. The van der Waals surface area contributed by atoms with Gasteiger partial charge in [-0.3, -0.25) is 9.78 Å². The van der Waals surface area contributed by atoms with E-state index < -0.39 is 6.04 Å². The molecule has 3 N–H and O–H groups in total. The summed E-state index contributed by atoms with van der Waals surface area (Å²) < 4.78 is 4.87. The van der Waals surface area contributed by atoms with Crippen LogP contribution in [0.15, 0.2) is 18.5 Å². The molecule has 0 saturated carbocycles. The van der Waals surface area contributed by atoms with Gasteiger partial charge < -0.3 is 15.8 Å². The summed E-state index contributed by atoms with van der Waals surface area (Å²) in [5, 5.41) is 2.76. The van der Waals surface area contributed by atoms with Crippen molar-refractivity contribution in [1.82, 2.24) is 4.98 Å². The standard InChI is InChI=1S/C11H17N3O2/c1-8-7-13-5-3-10(8)14-11(15)9(12)4-6-16-2/h3,5,7,9H,4,6,12H2,1-2H3,(H,13,14,15). The lowest BCUT2D eigenvalue weighted by Gasteiger charge is -2.12. The lowest BCUT2D eigenvalue weighted by molar-refractivity contribution is -0.117. The van der Waals surface area contributed by atoms with Crippen molar-refractivity contribution in [2.75, 3.05) is 19.0 Å². The topological polar surface area (TPSA) is 77.2 Å². The van der Waals surface area contributed by atoms with Gasteiger partial charge in [-0.15, -0.1) is 0 Å². The van der Waals surface area contributed by atoms with E-state index in [-0.39, 0.29) is 5.91 Å². The number of ether oxygens (including phenoxy) is 1. The number of anilines is 1. The second-order valence-corrected chi connectivity index (χ2v) is 3.57. The third-order valence-electron chi connectivity index (χ3n) is 2.25. The molecule has 1 rings (SSSR count). The molecule has 0 radical (unpaired) electrons. The van der Waals surface area contributed by atoms with Crippen molar-refractivity contribution in [3.05, 3.63) is 24.0 Å². The molecule has 1 heterocycles. The van der Waals surface area contributed by atoms with Crippen LogP contribution in [-0.2, 0) is 9.53 Å². The first-order chi connectivity index (χ1) is 7.65. The molecular weight excluding hydrogens is 206 g/mol. The largest absolute Gasteiger partial charge is 0.385 e. The van der Waals surface area contributed by atoms with E-state index in [0.29, 0.717) is 13.0 Å². The zero-order valence-corrected chi connectivity index (χ0v) is 9.56. The SMILES string of the molecule is COCCC(N)C(=O)Nc1ccncc1C. The smallest absolute Gasteiger partial charge is 0.241 e. The van der Waals surface area contributed by atoms with Gasteiger partial charge in [-0.2, -0.15) is 0 Å². The Bertz CT molecular complexity index is 355. The number of carbonyl (C=O) groups excluding carboxylic acids is 1. The predicted octanol–water partition coefficient (Wildman–Crippen LogP) is 0.692. The lowest BCUT2D eigenvalue weighted by Crippen LogP contribution is -2.36. The highest BCUT2D eigenvalue weighted by molar-refractivity contribution is 5.95. The van der Waals surface area contributed by atoms with Crippen molar-refractivity contribution >= 4 is 11.6 Å². The van der Waals surface area contributed by atoms with Crippen molar-refractivity contribution in [1.29, 1.82) is 0 Å². The summed E-state index contributed by atoms with van der Waals surface area (Å²) in [7, 11) is 1.58. The van der Waals surface area contributed by atoms with Gasteiger partial charge in [0.1, 0.15) is 0 Å². The molecule has 0 fully saturated rings. The molecule has 1 amide bonds. The van der Waals surface area contributed by atoms with Crippen molar-refractivity contribution in [2.24, 2.45) is 5.73 Å². The van der Waals surface area contributed by atoms with Gasteiger partial charge in [0.15, 0.2) is 0 Å². The van der Waals surface area contributed by atoms with Crippen LogP contribution in [0.5, 0.6) is 0 Å². The van der Waals surface area contributed by atoms with Crippen LogP contribution in [0.4, 0.5) is 5.69 Å². The number of methoxy groups -OCH3 is 1. The average Bonchev–Trinajstić information content (AvgIpc) is 2.28. The molecular formula is C11H17N3O2. The molecule has 0 saturated heterocycles. The van der Waals surface area contributed by atoms with Crippen LogP contribution in [0.1, 0.15) is 12.0 Å². The number of nitrogens with zero attached hydrogens (tertiary/aromatic N) is 1. The Balaban J connectivity index is 2.54. The van der Waals surface area contributed by atoms with Gasteiger partial charge in [0.05, 0.1) is 6.04 Å². The third kappa shape index (κ3) is 3.60. The van der Waals surface area contributed by atoms with Gasteiger partial charge in [-0.1, -0.05) is 0 Å². The van der Waals surface area contributed by atoms with Crippen molar-refractivity contribution in [3.63, 3.8) is 0 Å². The van der Waals surface area contributed by atoms with Gasteiger partial charge in [0, 0.05) is 31.8 Å². The second kappa shape index (κ2) is 6.19. The van der Waals surface area contributed by atoms with Crippen molar-refractivity contribution in [2.45, 2.75) is 19.4 Å². The van der Waals surface area contributed by atoms with E-state index in [2.05, 4.69) is 10.3 Å². The van der Waals surface area contributed by atoms with Gasteiger partial charge in [-0.05, 0) is 25.0 Å². The highest BCUT2D eigenvalue weighted by Gasteiger charge is 2.13. The molecule has 0 aliphatic carbocycles. The van der Waals surface area contributed by atoms with Crippen LogP contribution >= 0.6 is 0 Å². The van der Waals surface area contributed by atoms with Crippen molar-refractivity contribution in [3.8, 4) is 0 Å². The second-order valence-electron chi connectivity index (χ2n) is 3.57. The molecule has 1 unspecified atom stereocenters. The molecule has 5 heteroatoms. The molecule has 88 valence electrons. The minimum absolute atomic E-state index is 0.202. The van der Waals surface area contributed by atoms with Crippen molar-refractivity contribution < 1.29 is 9.53 Å². The first kappa shape index (κ1) is 12.6. The highest BCUT2D eigenvalue weighted by Crippen LogP contribution is 2.11. The van der Waals surface area contributed by atoms with Crippen LogP contribution in [0.2, 0.25) is 0 Å². The molecule has 0 aliphatic rings. The quantitative estimate of drug-likeness (QED) is 0.770. The van der Waals surface area contributed by atoms with Gasteiger partial charge in [0.2, 0.25) is 5.91 Å². The molecule has 16 heavy (non-hydrogen) atoms. The average molecular weight is 223 g/mol. The monoisotopic (exact) mass is 223 g/mol. The number of carbonyl (C=O) groups is 1. The molecule has 1 atom stereocenters. The Hall–Kier alpha value is -1.46. The number of hydrogen-bond acceptors (Lipinski definition) is 4. The predicted molar refractivity (Wildman–Crippen MR) is 62.1 cm³/mol. The van der Waals surface area contributed by atoms with Crippen LogP contribution in [0.25, 0.3) is 0 Å². The summed E-state index contributed by atoms with van der Waals surface area (Å²) in [4.78, 5) is 15.6. The fraction of sp³-hybridized carbons (Fsp3) is 0.455. The number of nitrogens with one attached hydrogen (secondary N) is 1. The number of aryl methyl sites for hydroxylation is 1. The lowest BCUT2D eigenvalue weighted by atomic mass is 10.2. The third-order valence-corrected chi connectivity index (χ3v) is 2.25. The van der Waals surface area contributed by atoms with Crippen LogP contribution in [-0.4, -0.2) is 30.6 Å². The Kier molecular flexibility index (Phi) is 4.88. The van der Waals surface area contributed by atoms with Gasteiger partial charge in [-0.25, -0.2) is 0 Å². The van der Waals surface area contributed by atoms with E-state index >= 15 is 0 Å². The fourth-order valence-corrected chi connectivity index (χ4v) is 1.21. The maximum Gasteiger partial charge on any atom is 0.241 e. The van der Waals surface area contributed by atoms with E-state index in [0.717, 1.165) is 11.3 Å². The van der Waals surface area contributed by atoms with Gasteiger partial charge in [0.25, 0.3) is 0 Å². The Labute approximate surface area is 95.0 Å². The summed E-state index contributed by atoms with van der Waals surface area (Å²) >= 11 is 0. The maximum absolute atomic E-state index is 11.7. The molecule has 0 aromatic carbocycles. The minimum Gasteiger partial charge on any atom is -0.385 e. The van der Waals surface area contributed by atoms with E-state index in [1.807, 2.05) is 6.92 Å². The molecule has 0 bridgehead atoms. The fourth-order valence-electron chi connectivity index (χ4n) is 1.21. The summed E-state index contributed by atoms with van der Waals surface area (Å²) in [6.07, 6.45) is 3.83. The molecule has 1 aromatic rings. The zero-order chi connectivity index (χ0) is 12.0. The number of nitrogens with two attached hydrogens (primary N) is 1. The summed E-state index contributed by atoms with van der Waals surface area (Å²) in [6.45, 7) is 2.35. The first-order valence-electron chi connectivity index (χ1n) is 5.11. The van der Waals surface area contributed by atoms with Gasteiger partial charge >= 0.3 is 0 Å². The summed E-state index contributed by atoms with van der Waals surface area (Å²) in [6, 6.07) is 1.20. The highest BCUT2D eigenvalue weighted by atomic mass is 16.5. The Morgan fingerprint density at radius 1 is 1.69 bits per heavy atom. The summed E-state index contributed by atoms with van der Waals surface area (Å²) in [5.41, 5.74) is 7.35. The van der Waals surface area contributed by atoms with E-state index in [9.17, 15) is 4.79 Å². The number of amides is 1. The molecule has 0 aliphatic heterocycles. The molecule has 0 spiro atoms. The number of rotatable bonds is 5. The number of hydrogen-bond donors (Lipinski definition) is 2. The summed E-state index contributed by atoms with van der Waals surface area (Å²) in [5.74, 6) is -0.202. The normalized spacial score (nSPS) is 12.2. The van der Waals surface area contributed by atoms with E-state index in [1.54, 1.807) is 25.6 Å². The van der Waals surface area contributed by atoms with Crippen LogP contribution in [0, 0.1) is 6.92 Å². The number of aromatic nitrogens is 1. The Morgan fingerprint density at radius 3 is 3.06 bits per heavy atom. The van der Waals surface area contributed by atoms with Crippen LogP contribution in [0.3, 0.4) is 0 Å². The first-order valence-corrected chi connectivity index (χ1v) is 5.11. The Morgan fingerprint density at radius 2 is 2.44 bits per heavy atom. The zero-order valence-electron chi connectivity index (χ0n) is 9.56. The number of pyridine rings is 1. The van der Waals surface area contributed by atoms with Crippen LogP contribution < -0.4 is 11.1 Å². The molecule has 1 aromatic heterocycles. The van der Waals surface area contributed by atoms with E-state index in [1.165, 1.54) is 0 Å². The van der Waals surface area contributed by atoms with E-state index in [4.69, 9.17) is 10.5 Å². The minimum atomic E-state index is -0.549. The molecule has 5 nitrogen and oxygen atoms in total.